The number of benzene rings is 1. The summed E-state index contributed by atoms with van der Waals surface area (Å²) in [4.78, 5) is 20.1. The van der Waals surface area contributed by atoms with E-state index >= 15 is 0 Å². The summed E-state index contributed by atoms with van der Waals surface area (Å²) in [7, 11) is 3.63. The van der Waals surface area contributed by atoms with E-state index in [1.165, 1.54) is 4.70 Å². The first-order chi connectivity index (χ1) is 13.9. The highest BCUT2D eigenvalue weighted by Crippen LogP contribution is 2.39. The highest BCUT2D eigenvalue weighted by molar-refractivity contribution is 7.19. The third kappa shape index (κ3) is 5.08. The minimum absolute atomic E-state index is 0.167. The molecule has 158 valence electrons. The molecule has 0 spiro atoms. The fourth-order valence-corrected chi connectivity index (χ4v) is 5.05. The van der Waals surface area contributed by atoms with Gasteiger partial charge in [0.1, 0.15) is 6.10 Å². The number of nitrogens with zero attached hydrogens (tertiary/aromatic N) is 2. The van der Waals surface area contributed by atoms with Gasteiger partial charge in [-0.3, -0.25) is 9.79 Å². The van der Waals surface area contributed by atoms with Gasteiger partial charge in [-0.2, -0.15) is 0 Å². The molecular formula is C22H32N4O2S. The molecule has 1 saturated carbocycles. The second-order valence-corrected chi connectivity index (χ2v) is 9.08. The zero-order valence-corrected chi connectivity index (χ0v) is 18.4. The van der Waals surface area contributed by atoms with Crippen molar-refractivity contribution in [2.75, 3.05) is 33.7 Å². The van der Waals surface area contributed by atoms with Crippen molar-refractivity contribution in [3.8, 4) is 0 Å². The van der Waals surface area contributed by atoms with Crippen molar-refractivity contribution in [2.24, 2.45) is 10.4 Å². The number of aliphatic hydroxyl groups is 1. The van der Waals surface area contributed by atoms with E-state index < -0.39 is 11.5 Å². The van der Waals surface area contributed by atoms with Crippen LogP contribution < -0.4 is 10.6 Å². The summed E-state index contributed by atoms with van der Waals surface area (Å²) in [6, 6.07) is 10.2. The molecule has 1 atom stereocenters. The molecule has 1 fully saturated rings. The van der Waals surface area contributed by atoms with Crippen molar-refractivity contribution in [3.05, 3.63) is 35.2 Å². The van der Waals surface area contributed by atoms with Crippen LogP contribution in [0.3, 0.4) is 0 Å². The number of guanidine groups is 1. The first-order valence-electron chi connectivity index (χ1n) is 10.4. The summed E-state index contributed by atoms with van der Waals surface area (Å²) < 4.78 is 1.17. The van der Waals surface area contributed by atoms with E-state index in [0.29, 0.717) is 19.0 Å². The number of hydrogen-bond acceptors (Lipinski definition) is 4. The zero-order chi connectivity index (χ0) is 20.9. The molecule has 1 amide bonds. The fraction of sp³-hybridized carbons (Fsp3) is 0.545. The van der Waals surface area contributed by atoms with Crippen molar-refractivity contribution >= 4 is 33.3 Å². The number of carbonyl (C=O) groups excluding carboxylic acids is 1. The molecule has 3 N–H and O–H groups in total. The molecule has 1 aromatic heterocycles. The molecule has 7 heteroatoms. The molecule has 1 unspecified atom stereocenters. The van der Waals surface area contributed by atoms with Crippen LogP contribution in [0.2, 0.25) is 0 Å². The van der Waals surface area contributed by atoms with Crippen LogP contribution in [0, 0.1) is 5.41 Å². The molecule has 0 radical (unpaired) electrons. The Labute approximate surface area is 177 Å². The Morgan fingerprint density at radius 2 is 2.00 bits per heavy atom. The van der Waals surface area contributed by atoms with Crippen molar-refractivity contribution in [3.63, 3.8) is 0 Å². The normalized spacial score (nSPS) is 17.3. The average molecular weight is 417 g/mol. The SMILES string of the molecule is CCNC(=NCC1(C(=O)N(C)C)CCCC1)NCC(O)c1cc2ccccc2s1. The lowest BCUT2D eigenvalue weighted by Crippen LogP contribution is -2.43. The van der Waals surface area contributed by atoms with Gasteiger partial charge in [0, 0.05) is 36.8 Å². The number of thiophene rings is 1. The van der Waals surface area contributed by atoms with Crippen molar-refractivity contribution in [2.45, 2.75) is 38.7 Å². The number of aliphatic hydroxyl groups excluding tert-OH is 1. The second-order valence-electron chi connectivity index (χ2n) is 7.97. The van der Waals surface area contributed by atoms with E-state index in [1.807, 2.05) is 39.2 Å². The molecule has 0 saturated heterocycles. The summed E-state index contributed by atoms with van der Waals surface area (Å²) in [5, 5.41) is 18.3. The van der Waals surface area contributed by atoms with Crippen LogP contribution in [-0.4, -0.2) is 55.6 Å². The van der Waals surface area contributed by atoms with Crippen molar-refractivity contribution in [1.29, 1.82) is 0 Å². The van der Waals surface area contributed by atoms with Gasteiger partial charge in [0.15, 0.2) is 5.96 Å². The number of hydrogen-bond donors (Lipinski definition) is 3. The quantitative estimate of drug-likeness (QED) is 0.479. The van der Waals surface area contributed by atoms with Crippen molar-refractivity contribution < 1.29 is 9.90 Å². The molecule has 0 bridgehead atoms. The Bertz CT molecular complexity index is 822. The summed E-state index contributed by atoms with van der Waals surface area (Å²) in [6.07, 6.45) is 3.31. The molecule has 29 heavy (non-hydrogen) atoms. The predicted molar refractivity (Wildman–Crippen MR) is 120 cm³/mol. The van der Waals surface area contributed by atoms with Gasteiger partial charge in [-0.05, 0) is 37.3 Å². The first kappa shape index (κ1) is 21.6. The Morgan fingerprint density at radius 3 is 2.66 bits per heavy atom. The minimum atomic E-state index is -0.611. The molecular weight excluding hydrogens is 384 g/mol. The summed E-state index contributed by atoms with van der Waals surface area (Å²) in [5.41, 5.74) is -0.393. The van der Waals surface area contributed by atoms with Crippen LogP contribution in [0.5, 0.6) is 0 Å². The maximum absolute atomic E-state index is 12.8. The third-order valence-corrected chi connectivity index (χ3v) is 6.76. The molecule has 1 aliphatic rings. The number of carbonyl (C=O) groups is 1. The Hall–Kier alpha value is -2.12. The molecule has 1 aromatic carbocycles. The average Bonchev–Trinajstić information content (AvgIpc) is 3.36. The first-order valence-corrected chi connectivity index (χ1v) is 11.2. The van der Waals surface area contributed by atoms with Crippen LogP contribution in [0.1, 0.15) is 43.6 Å². The number of rotatable bonds is 7. The summed E-state index contributed by atoms with van der Waals surface area (Å²) >= 11 is 1.61. The van der Waals surface area contributed by atoms with Gasteiger partial charge in [0.2, 0.25) is 5.91 Å². The van der Waals surface area contributed by atoms with E-state index in [1.54, 1.807) is 16.2 Å². The Balaban J connectivity index is 1.66. The molecule has 2 aromatic rings. The lowest BCUT2D eigenvalue weighted by atomic mass is 9.85. The van der Waals surface area contributed by atoms with Crippen LogP contribution in [0.15, 0.2) is 35.3 Å². The minimum Gasteiger partial charge on any atom is -0.386 e. The smallest absolute Gasteiger partial charge is 0.230 e. The standard InChI is InChI=1S/C22H32N4O2S/c1-4-23-21(25-15-22(11-7-8-12-22)20(28)26(2)3)24-14-17(27)19-13-16-9-5-6-10-18(16)29-19/h5-6,9-10,13,17,27H,4,7-8,11-12,14-15H2,1-3H3,(H2,23,24,25). The maximum Gasteiger partial charge on any atom is 0.230 e. The zero-order valence-electron chi connectivity index (χ0n) is 17.6. The van der Waals surface area contributed by atoms with E-state index in [4.69, 9.17) is 4.99 Å². The summed E-state index contributed by atoms with van der Waals surface area (Å²) in [5.74, 6) is 0.811. The van der Waals surface area contributed by atoms with Gasteiger partial charge in [-0.1, -0.05) is 31.0 Å². The number of nitrogens with one attached hydrogen (secondary N) is 2. The molecule has 0 aliphatic heterocycles. The number of aliphatic imine (C=N–C) groups is 1. The van der Waals surface area contributed by atoms with E-state index in [9.17, 15) is 9.90 Å². The monoisotopic (exact) mass is 416 g/mol. The van der Waals surface area contributed by atoms with Crippen LogP contribution in [0.25, 0.3) is 10.1 Å². The second kappa shape index (κ2) is 9.59. The van der Waals surface area contributed by atoms with Crippen LogP contribution >= 0.6 is 11.3 Å². The number of fused-ring (bicyclic) bond motifs is 1. The Morgan fingerprint density at radius 1 is 1.28 bits per heavy atom. The van der Waals surface area contributed by atoms with E-state index in [2.05, 4.69) is 22.8 Å². The van der Waals surface area contributed by atoms with Crippen molar-refractivity contribution in [1.82, 2.24) is 15.5 Å². The lowest BCUT2D eigenvalue weighted by molar-refractivity contribution is -0.138. The molecule has 1 heterocycles. The van der Waals surface area contributed by atoms with E-state index in [0.717, 1.165) is 42.5 Å². The fourth-order valence-electron chi connectivity index (χ4n) is 4.00. The lowest BCUT2D eigenvalue weighted by Gasteiger charge is -2.29. The maximum atomic E-state index is 12.8. The summed E-state index contributed by atoms with van der Waals surface area (Å²) in [6.45, 7) is 3.57. The van der Waals surface area contributed by atoms with Gasteiger partial charge in [0.25, 0.3) is 0 Å². The van der Waals surface area contributed by atoms with Gasteiger partial charge >= 0.3 is 0 Å². The predicted octanol–water partition coefficient (Wildman–Crippen LogP) is 3.14. The molecule has 1 aliphatic carbocycles. The third-order valence-electron chi connectivity index (χ3n) is 5.54. The number of amides is 1. The van der Waals surface area contributed by atoms with Gasteiger partial charge in [-0.25, -0.2) is 0 Å². The largest absolute Gasteiger partial charge is 0.386 e. The van der Waals surface area contributed by atoms with E-state index in [-0.39, 0.29) is 5.91 Å². The van der Waals surface area contributed by atoms with Gasteiger partial charge in [-0.15, -0.1) is 11.3 Å². The van der Waals surface area contributed by atoms with Gasteiger partial charge in [0.05, 0.1) is 12.0 Å². The highest BCUT2D eigenvalue weighted by atomic mass is 32.1. The highest BCUT2D eigenvalue weighted by Gasteiger charge is 2.42. The molecule has 6 nitrogen and oxygen atoms in total. The Kier molecular flexibility index (Phi) is 7.14. The molecule has 3 rings (SSSR count). The van der Waals surface area contributed by atoms with Crippen LogP contribution in [-0.2, 0) is 4.79 Å². The topological polar surface area (TPSA) is 77.0 Å². The van der Waals surface area contributed by atoms with Gasteiger partial charge < -0.3 is 20.6 Å². The van der Waals surface area contributed by atoms with Crippen LogP contribution in [0.4, 0.5) is 0 Å².